The minimum absolute atomic E-state index is 0.120. The summed E-state index contributed by atoms with van der Waals surface area (Å²) in [5.74, 6) is -0.239. The summed E-state index contributed by atoms with van der Waals surface area (Å²) >= 11 is 0. The number of carbonyl (C=O) groups is 4. The van der Waals surface area contributed by atoms with E-state index in [-0.39, 0.29) is 37.0 Å². The van der Waals surface area contributed by atoms with Gasteiger partial charge in [0.15, 0.2) is 0 Å². The van der Waals surface area contributed by atoms with Crippen LogP contribution in [0.5, 0.6) is 0 Å². The van der Waals surface area contributed by atoms with Crippen LogP contribution in [0.15, 0.2) is 0 Å². The molecule has 2 aliphatic rings. The van der Waals surface area contributed by atoms with Gasteiger partial charge in [-0.05, 0) is 80.1 Å². The van der Waals surface area contributed by atoms with Crippen LogP contribution in [-0.4, -0.2) is 93.9 Å². The average molecular weight is 467 g/mol. The van der Waals surface area contributed by atoms with E-state index in [4.69, 9.17) is 4.74 Å². The van der Waals surface area contributed by atoms with E-state index < -0.39 is 11.1 Å². The van der Waals surface area contributed by atoms with E-state index in [9.17, 15) is 19.2 Å². The van der Waals surface area contributed by atoms with Crippen molar-refractivity contribution in [2.75, 3.05) is 39.4 Å². The van der Waals surface area contributed by atoms with E-state index in [0.717, 1.165) is 38.5 Å². The third-order valence-corrected chi connectivity index (χ3v) is 6.70. The van der Waals surface area contributed by atoms with Crippen LogP contribution in [0.4, 0.5) is 9.59 Å². The molecule has 0 aliphatic carbocycles. The molecule has 2 heterocycles. The lowest BCUT2D eigenvalue weighted by atomic mass is 9.95. The molecule has 0 bridgehead atoms. The second-order valence-electron chi connectivity index (χ2n) is 10.2. The molecule has 2 aliphatic heterocycles. The molecule has 0 atom stereocenters. The Labute approximate surface area is 198 Å². The van der Waals surface area contributed by atoms with Crippen LogP contribution in [0, 0.1) is 0 Å². The van der Waals surface area contributed by atoms with Crippen molar-refractivity contribution in [3.05, 3.63) is 0 Å². The lowest BCUT2D eigenvalue weighted by Gasteiger charge is -2.33. The molecule has 0 aromatic rings. The predicted octanol–water partition coefficient (Wildman–Crippen LogP) is 3.47. The molecule has 0 unspecified atom stereocenters. The molecular weight excluding hydrogens is 424 g/mol. The quantitative estimate of drug-likeness (QED) is 0.289. The van der Waals surface area contributed by atoms with Gasteiger partial charge >= 0.3 is 12.1 Å². The molecule has 9 nitrogen and oxygen atoms in total. The Kier molecular flexibility index (Phi) is 9.29. The van der Waals surface area contributed by atoms with Gasteiger partial charge in [-0.3, -0.25) is 19.4 Å². The zero-order valence-electron chi connectivity index (χ0n) is 21.3. The molecule has 0 aromatic heterocycles. The number of imide groups is 2. The second-order valence-corrected chi connectivity index (χ2v) is 10.2. The van der Waals surface area contributed by atoms with E-state index in [1.807, 2.05) is 41.5 Å². The summed E-state index contributed by atoms with van der Waals surface area (Å²) < 4.78 is 5.76. The minimum Gasteiger partial charge on any atom is -0.381 e. The fraction of sp³-hybridized carbons (Fsp3) is 0.833. The maximum Gasteiger partial charge on any atom is 0.327 e. The first kappa shape index (κ1) is 27.1. The largest absolute Gasteiger partial charge is 0.381 e. The predicted molar refractivity (Wildman–Crippen MR) is 126 cm³/mol. The Hall–Kier alpha value is -2.16. The molecule has 0 spiro atoms. The Morgan fingerprint density at radius 1 is 0.667 bits per heavy atom. The van der Waals surface area contributed by atoms with Gasteiger partial charge in [0.25, 0.3) is 11.8 Å². The summed E-state index contributed by atoms with van der Waals surface area (Å²) in [6.07, 6.45) is 4.96. The Morgan fingerprint density at radius 3 is 1.33 bits per heavy atom. The molecule has 0 aromatic carbocycles. The topological polar surface area (TPSA) is 90.5 Å². The number of unbranched alkanes of at least 4 members (excludes halogenated alkanes) is 2. The lowest BCUT2D eigenvalue weighted by molar-refractivity contribution is -0.130. The van der Waals surface area contributed by atoms with Gasteiger partial charge in [-0.15, -0.1) is 0 Å². The van der Waals surface area contributed by atoms with Crippen LogP contribution in [0.1, 0.15) is 80.1 Å². The van der Waals surface area contributed by atoms with Gasteiger partial charge in [0, 0.05) is 37.4 Å². The van der Waals surface area contributed by atoms with Crippen molar-refractivity contribution in [1.82, 2.24) is 19.6 Å². The molecule has 6 amide bonds. The van der Waals surface area contributed by atoms with Gasteiger partial charge in [-0.25, -0.2) is 9.59 Å². The smallest absolute Gasteiger partial charge is 0.327 e. The summed E-state index contributed by atoms with van der Waals surface area (Å²) in [5, 5.41) is 0. The number of rotatable bonds is 14. The van der Waals surface area contributed by atoms with Gasteiger partial charge in [-0.1, -0.05) is 0 Å². The van der Waals surface area contributed by atoms with Gasteiger partial charge < -0.3 is 14.5 Å². The van der Waals surface area contributed by atoms with E-state index in [1.54, 1.807) is 9.80 Å². The van der Waals surface area contributed by atoms with Crippen LogP contribution in [0.3, 0.4) is 0 Å². The highest BCUT2D eigenvalue weighted by Gasteiger charge is 2.44. The normalized spacial score (nSPS) is 17.9. The van der Waals surface area contributed by atoms with Crippen molar-refractivity contribution < 1.29 is 23.9 Å². The molecule has 2 saturated heterocycles. The van der Waals surface area contributed by atoms with Gasteiger partial charge in [0.1, 0.15) is 13.1 Å². The average Bonchev–Trinajstić information content (AvgIpc) is 3.20. The minimum atomic E-state index is -0.499. The first-order valence-electron chi connectivity index (χ1n) is 12.3. The summed E-state index contributed by atoms with van der Waals surface area (Å²) in [4.78, 5) is 55.3. The first-order chi connectivity index (χ1) is 15.5. The molecule has 2 fully saturated rings. The molecular formula is C24H42N4O5. The highest BCUT2D eigenvalue weighted by Crippen LogP contribution is 2.28. The van der Waals surface area contributed by atoms with Gasteiger partial charge in [0.2, 0.25) is 0 Å². The highest BCUT2D eigenvalue weighted by atomic mass is 16.5. The summed E-state index contributed by atoms with van der Waals surface area (Å²) in [6.45, 7) is 14.3. The van der Waals surface area contributed by atoms with Gasteiger partial charge in [0.05, 0.1) is 0 Å². The summed E-state index contributed by atoms with van der Waals surface area (Å²) in [6, 6.07) is -0.377. The van der Waals surface area contributed by atoms with Gasteiger partial charge in [-0.2, -0.15) is 0 Å². The fourth-order valence-electron chi connectivity index (χ4n) is 4.64. The van der Waals surface area contributed by atoms with Crippen LogP contribution < -0.4 is 0 Å². The number of hydrogen-bond acceptors (Lipinski definition) is 5. The van der Waals surface area contributed by atoms with Crippen LogP contribution in [0.2, 0.25) is 0 Å². The zero-order valence-corrected chi connectivity index (χ0v) is 21.3. The van der Waals surface area contributed by atoms with E-state index in [0.29, 0.717) is 26.3 Å². The Bertz CT molecular complexity index is 676. The van der Waals surface area contributed by atoms with Crippen LogP contribution in [0.25, 0.3) is 0 Å². The van der Waals surface area contributed by atoms with Crippen molar-refractivity contribution >= 4 is 23.9 Å². The molecule has 0 N–H and O–H groups in total. The maximum atomic E-state index is 12.4. The second kappa shape index (κ2) is 11.3. The Morgan fingerprint density at radius 2 is 1.03 bits per heavy atom. The van der Waals surface area contributed by atoms with Crippen molar-refractivity contribution in [2.24, 2.45) is 0 Å². The van der Waals surface area contributed by atoms with Crippen LogP contribution in [-0.2, 0) is 14.3 Å². The van der Waals surface area contributed by atoms with Crippen LogP contribution >= 0.6 is 0 Å². The van der Waals surface area contributed by atoms with E-state index in [2.05, 4.69) is 0 Å². The molecule has 33 heavy (non-hydrogen) atoms. The highest BCUT2D eigenvalue weighted by molar-refractivity contribution is 6.03. The zero-order chi connectivity index (χ0) is 24.8. The van der Waals surface area contributed by atoms with Crippen molar-refractivity contribution in [1.29, 1.82) is 0 Å². The maximum absolute atomic E-state index is 12.4. The summed E-state index contributed by atoms with van der Waals surface area (Å²) in [5.41, 5.74) is -0.997. The lowest BCUT2D eigenvalue weighted by Crippen LogP contribution is -2.48. The third kappa shape index (κ3) is 6.46. The van der Waals surface area contributed by atoms with Crippen molar-refractivity contribution in [3.63, 3.8) is 0 Å². The molecule has 9 heteroatoms. The van der Waals surface area contributed by atoms with Crippen molar-refractivity contribution in [3.8, 4) is 0 Å². The van der Waals surface area contributed by atoms with E-state index >= 15 is 0 Å². The number of hydrogen-bond donors (Lipinski definition) is 0. The number of amides is 6. The van der Waals surface area contributed by atoms with E-state index in [1.165, 1.54) is 9.80 Å². The number of likely N-dealkylation sites (N-methyl/N-ethyl adjacent to an activating group) is 2. The number of urea groups is 2. The fourth-order valence-corrected chi connectivity index (χ4v) is 4.64. The molecule has 2 rings (SSSR count). The molecule has 188 valence electrons. The monoisotopic (exact) mass is 466 g/mol. The molecule has 0 radical (unpaired) electrons. The number of carbonyl (C=O) groups excluding carboxylic acids is 4. The Balaban J connectivity index is 1.61. The standard InChI is InChI=1S/C24H42N4O5/c1-7-25-17-19(29)27(21(25)31)23(3,4)13-9-11-15-33-16-12-10-14-24(5,6)28-20(30)18-26(8-2)22(28)32/h7-18H2,1-6H3. The first-order valence-corrected chi connectivity index (χ1v) is 12.3. The number of nitrogens with zero attached hydrogens (tertiary/aromatic N) is 4. The summed E-state index contributed by atoms with van der Waals surface area (Å²) in [7, 11) is 0. The van der Waals surface area contributed by atoms with Crippen molar-refractivity contribution in [2.45, 2.75) is 91.1 Å². The SMILES string of the molecule is CCN1CC(=O)N(C(C)(C)CCCCOCCCCC(C)(C)N2C(=O)CN(CC)C2=O)C1=O. The number of ether oxygens (including phenoxy) is 1. The molecule has 0 saturated carbocycles. The third-order valence-electron chi connectivity index (χ3n) is 6.70.